The zero-order valence-electron chi connectivity index (χ0n) is 11.7. The molecule has 0 bridgehead atoms. The minimum absolute atomic E-state index is 0.0880. The third-order valence-electron chi connectivity index (χ3n) is 2.35. The number of carboxylic acids is 1. The van der Waals surface area contributed by atoms with E-state index in [0.29, 0.717) is 5.75 Å². The van der Waals surface area contributed by atoms with Crippen LogP contribution < -0.4 is 4.74 Å². The Balaban J connectivity index is 0.000000255. The Morgan fingerprint density at radius 3 is 1.91 bits per heavy atom. The van der Waals surface area contributed by atoms with Gasteiger partial charge in [0.2, 0.25) is 0 Å². The van der Waals surface area contributed by atoms with Gasteiger partial charge in [0, 0.05) is 6.07 Å². The van der Waals surface area contributed by atoms with Crippen LogP contribution in [0.3, 0.4) is 0 Å². The highest BCUT2D eigenvalue weighted by Gasteiger charge is 2.06. The smallest absolute Gasteiger partial charge is 0.311 e. The number of hydrogen-bond donors (Lipinski definition) is 3. The van der Waals surface area contributed by atoms with Crippen molar-refractivity contribution in [2.24, 2.45) is 0 Å². The molecule has 3 N–H and O–H groups in total. The fraction of sp³-hybridized carbons (Fsp3) is 0.125. The van der Waals surface area contributed by atoms with Crippen LogP contribution in [0.1, 0.15) is 12.8 Å². The Bertz CT molecular complexity index is 592. The summed E-state index contributed by atoms with van der Waals surface area (Å²) in [4.78, 5) is 21.2. The summed E-state index contributed by atoms with van der Waals surface area (Å²) in [6.07, 6.45) is -0.310. The van der Waals surface area contributed by atoms with E-state index in [1.54, 1.807) is 36.4 Å². The van der Waals surface area contributed by atoms with Gasteiger partial charge in [-0.2, -0.15) is 0 Å². The van der Waals surface area contributed by atoms with Gasteiger partial charge in [-0.15, -0.1) is 0 Å². The Labute approximate surface area is 127 Å². The van der Waals surface area contributed by atoms with Crippen molar-refractivity contribution in [1.29, 1.82) is 0 Å². The van der Waals surface area contributed by atoms with E-state index in [9.17, 15) is 9.59 Å². The number of carbonyl (C=O) groups excluding carboxylic acids is 1. The van der Waals surface area contributed by atoms with Crippen molar-refractivity contribution in [3.8, 4) is 17.2 Å². The Morgan fingerprint density at radius 2 is 1.45 bits per heavy atom. The summed E-state index contributed by atoms with van der Waals surface area (Å²) in [7, 11) is 0. The molecule has 0 aliphatic heterocycles. The zero-order chi connectivity index (χ0) is 16.4. The van der Waals surface area contributed by atoms with Gasteiger partial charge in [0.05, 0.1) is 12.8 Å². The maximum atomic E-state index is 11.0. The molecule has 0 aromatic heterocycles. The first-order valence-electron chi connectivity index (χ1n) is 6.43. The molecule has 0 aliphatic rings. The number of rotatable bonds is 4. The van der Waals surface area contributed by atoms with Crippen LogP contribution in [-0.4, -0.2) is 27.3 Å². The molecule has 22 heavy (non-hydrogen) atoms. The van der Waals surface area contributed by atoms with E-state index in [0.717, 1.165) is 0 Å². The highest BCUT2D eigenvalue weighted by atomic mass is 16.5. The van der Waals surface area contributed by atoms with Crippen LogP contribution in [0.15, 0.2) is 54.6 Å². The molecule has 0 aliphatic carbocycles. The third kappa shape index (κ3) is 7.54. The molecule has 6 heteroatoms. The number of aromatic hydroxyl groups is 2. The first kappa shape index (κ1) is 17.0. The highest BCUT2D eigenvalue weighted by Crippen LogP contribution is 2.14. The summed E-state index contributed by atoms with van der Waals surface area (Å²) in [5, 5.41) is 25.6. The van der Waals surface area contributed by atoms with Crippen molar-refractivity contribution >= 4 is 11.9 Å². The first-order chi connectivity index (χ1) is 10.5. The molecule has 0 heterocycles. The number of ether oxygens (including phenoxy) is 1. The van der Waals surface area contributed by atoms with E-state index in [2.05, 4.69) is 0 Å². The van der Waals surface area contributed by atoms with Gasteiger partial charge < -0.3 is 20.1 Å². The van der Waals surface area contributed by atoms with Crippen LogP contribution in [0.4, 0.5) is 0 Å². The average Bonchev–Trinajstić information content (AvgIpc) is 2.46. The molecule has 0 spiro atoms. The van der Waals surface area contributed by atoms with Gasteiger partial charge in [-0.05, 0) is 24.3 Å². The van der Waals surface area contributed by atoms with Crippen molar-refractivity contribution in [2.45, 2.75) is 12.8 Å². The molecule has 0 amide bonds. The van der Waals surface area contributed by atoms with Gasteiger partial charge in [-0.1, -0.05) is 24.3 Å². The minimum Gasteiger partial charge on any atom is -0.508 e. The molecule has 0 unspecified atom stereocenters. The van der Waals surface area contributed by atoms with Crippen molar-refractivity contribution in [1.82, 2.24) is 0 Å². The van der Waals surface area contributed by atoms with Crippen LogP contribution in [0, 0.1) is 0 Å². The number of aliphatic carboxylic acids is 1. The third-order valence-corrected chi connectivity index (χ3v) is 2.35. The van der Waals surface area contributed by atoms with Gasteiger partial charge in [0.1, 0.15) is 17.2 Å². The molecule has 0 atom stereocenters. The molecule has 0 fully saturated rings. The molecule has 2 rings (SSSR count). The number of phenols is 2. The topological polar surface area (TPSA) is 104 Å². The molecule has 2 aromatic carbocycles. The van der Waals surface area contributed by atoms with Gasteiger partial charge in [-0.3, -0.25) is 9.59 Å². The van der Waals surface area contributed by atoms with Gasteiger partial charge in [0.15, 0.2) is 0 Å². The van der Waals surface area contributed by atoms with Gasteiger partial charge in [0.25, 0.3) is 0 Å². The van der Waals surface area contributed by atoms with Crippen LogP contribution in [0.2, 0.25) is 0 Å². The zero-order valence-corrected chi connectivity index (χ0v) is 11.7. The van der Waals surface area contributed by atoms with E-state index in [1.807, 2.05) is 0 Å². The lowest BCUT2D eigenvalue weighted by atomic mass is 10.3. The number of phenolic OH excluding ortho intramolecular Hbond substituents is 2. The lowest BCUT2D eigenvalue weighted by Gasteiger charge is -2.01. The second-order valence-electron chi connectivity index (χ2n) is 4.20. The highest BCUT2D eigenvalue weighted by molar-refractivity contribution is 5.78. The monoisotopic (exact) mass is 304 g/mol. The predicted molar refractivity (Wildman–Crippen MR) is 78.7 cm³/mol. The maximum absolute atomic E-state index is 11.0. The van der Waals surface area contributed by atoms with Crippen molar-refractivity contribution in [3.05, 3.63) is 54.6 Å². The summed E-state index contributed by atoms with van der Waals surface area (Å²) >= 11 is 0. The number of para-hydroxylation sites is 1. The molecule has 0 saturated heterocycles. The van der Waals surface area contributed by atoms with Crippen molar-refractivity contribution < 1.29 is 29.6 Å². The predicted octanol–water partition coefficient (Wildman–Crippen LogP) is 2.55. The molecular formula is C16H16O6. The molecule has 0 saturated carbocycles. The Morgan fingerprint density at radius 1 is 0.864 bits per heavy atom. The molecule has 116 valence electrons. The molecule has 2 aromatic rings. The van der Waals surface area contributed by atoms with E-state index < -0.39 is 11.9 Å². The van der Waals surface area contributed by atoms with E-state index in [1.165, 1.54) is 18.2 Å². The quantitative estimate of drug-likeness (QED) is 0.592. The van der Waals surface area contributed by atoms with E-state index in [-0.39, 0.29) is 24.3 Å². The number of carbonyl (C=O) groups is 2. The fourth-order valence-electron chi connectivity index (χ4n) is 1.37. The second kappa shape index (κ2) is 9.02. The van der Waals surface area contributed by atoms with E-state index in [4.69, 9.17) is 20.1 Å². The molecule has 0 radical (unpaired) electrons. The lowest BCUT2D eigenvalue weighted by molar-refractivity contribution is -0.142. The van der Waals surface area contributed by atoms with Crippen molar-refractivity contribution in [3.63, 3.8) is 0 Å². The van der Waals surface area contributed by atoms with Crippen molar-refractivity contribution in [2.75, 3.05) is 0 Å². The first-order valence-corrected chi connectivity index (χ1v) is 6.43. The molecule has 6 nitrogen and oxygen atoms in total. The number of benzene rings is 2. The maximum Gasteiger partial charge on any atom is 0.311 e. The van der Waals surface area contributed by atoms with Gasteiger partial charge in [-0.25, -0.2) is 0 Å². The number of carboxylic acid groups (broad SMARTS) is 1. The van der Waals surface area contributed by atoms with Crippen LogP contribution in [-0.2, 0) is 9.59 Å². The van der Waals surface area contributed by atoms with Crippen LogP contribution in [0.25, 0.3) is 0 Å². The normalized spacial score (nSPS) is 9.27. The average molecular weight is 304 g/mol. The Kier molecular flexibility index (Phi) is 6.98. The second-order valence-corrected chi connectivity index (χ2v) is 4.20. The van der Waals surface area contributed by atoms with Crippen LogP contribution in [0.5, 0.6) is 17.2 Å². The number of hydrogen-bond acceptors (Lipinski definition) is 5. The number of esters is 1. The fourth-order valence-corrected chi connectivity index (χ4v) is 1.37. The summed E-state index contributed by atoms with van der Waals surface area (Å²) in [5.74, 6) is -0.925. The molecular weight excluding hydrogens is 288 g/mol. The van der Waals surface area contributed by atoms with E-state index >= 15 is 0 Å². The lowest BCUT2D eigenvalue weighted by Crippen LogP contribution is -2.09. The Hall–Kier alpha value is -3.02. The SMILES string of the molecule is O=C(O)CCC(=O)Oc1ccccc1.Oc1cccc(O)c1. The van der Waals surface area contributed by atoms with Gasteiger partial charge >= 0.3 is 11.9 Å². The largest absolute Gasteiger partial charge is 0.508 e. The summed E-state index contributed by atoms with van der Waals surface area (Å²) < 4.78 is 4.86. The summed E-state index contributed by atoms with van der Waals surface area (Å²) in [5.41, 5.74) is 0. The minimum atomic E-state index is -1.00. The van der Waals surface area contributed by atoms with Crippen LogP contribution >= 0.6 is 0 Å². The summed E-state index contributed by atoms with van der Waals surface area (Å²) in [6, 6.07) is 14.4. The summed E-state index contributed by atoms with van der Waals surface area (Å²) in [6.45, 7) is 0. The standard InChI is InChI=1S/C10H10O4.C6H6O2/c11-9(12)6-7-10(13)14-8-4-2-1-3-5-8;7-5-2-1-3-6(8)4-5/h1-5H,6-7H2,(H,11,12);1-4,7-8H.